The van der Waals surface area contributed by atoms with Crippen LogP contribution in [0, 0.1) is 27.9 Å². The Labute approximate surface area is 122 Å². The fraction of sp³-hybridized carbons (Fsp3) is 0.0769. The van der Waals surface area contributed by atoms with Crippen LogP contribution in [0.2, 0.25) is 0 Å². The van der Waals surface area contributed by atoms with E-state index in [0.717, 1.165) is 6.07 Å². The average Bonchev–Trinajstić information content (AvgIpc) is 2.34. The molecule has 0 heterocycles. The first kappa shape index (κ1) is 14.0. The highest BCUT2D eigenvalue weighted by Gasteiger charge is 2.16. The summed E-state index contributed by atoms with van der Waals surface area (Å²) in [6, 6.07) is 5.37. The van der Waals surface area contributed by atoms with Crippen LogP contribution >= 0.6 is 22.6 Å². The van der Waals surface area contributed by atoms with Crippen molar-refractivity contribution in [2.75, 3.05) is 11.1 Å². The van der Waals surface area contributed by atoms with Crippen molar-refractivity contribution in [2.24, 2.45) is 0 Å². The summed E-state index contributed by atoms with van der Waals surface area (Å²) >= 11 is 1.95. The number of hydrogen-bond acceptors (Lipinski definition) is 2. The van der Waals surface area contributed by atoms with Gasteiger partial charge in [0.05, 0.1) is 11.4 Å². The molecule has 0 aliphatic rings. The minimum atomic E-state index is -0.743. The van der Waals surface area contributed by atoms with Gasteiger partial charge in [-0.05, 0) is 59.3 Å². The standard InChI is InChI=1S/C13H10F3IN2/c1-6-4-9(15)12(18)13(11(6)16)19-10-3-2-7(17)5-8(10)14/h2-5,19H,18H2,1H3. The van der Waals surface area contributed by atoms with E-state index in [1.54, 1.807) is 6.07 Å². The Morgan fingerprint density at radius 2 is 1.79 bits per heavy atom. The lowest BCUT2D eigenvalue weighted by molar-refractivity contribution is 0.598. The summed E-state index contributed by atoms with van der Waals surface area (Å²) < 4.78 is 41.7. The van der Waals surface area contributed by atoms with Crippen LogP contribution in [0.4, 0.5) is 30.2 Å². The molecule has 0 saturated heterocycles. The van der Waals surface area contributed by atoms with E-state index in [1.165, 1.54) is 19.1 Å². The Morgan fingerprint density at radius 3 is 2.42 bits per heavy atom. The van der Waals surface area contributed by atoms with Gasteiger partial charge in [-0.15, -0.1) is 0 Å². The second-order valence-electron chi connectivity index (χ2n) is 4.03. The van der Waals surface area contributed by atoms with Crippen LogP contribution in [-0.2, 0) is 0 Å². The molecule has 2 rings (SSSR count). The van der Waals surface area contributed by atoms with Crippen LogP contribution in [0.5, 0.6) is 0 Å². The molecular formula is C13H10F3IN2. The van der Waals surface area contributed by atoms with Crippen molar-refractivity contribution in [3.63, 3.8) is 0 Å². The molecule has 2 nitrogen and oxygen atoms in total. The highest BCUT2D eigenvalue weighted by atomic mass is 127. The summed E-state index contributed by atoms with van der Waals surface area (Å²) in [6.45, 7) is 1.41. The summed E-state index contributed by atoms with van der Waals surface area (Å²) in [7, 11) is 0. The molecule has 3 N–H and O–H groups in total. The third-order valence-corrected chi connectivity index (χ3v) is 3.30. The molecule has 0 aromatic heterocycles. The van der Waals surface area contributed by atoms with Gasteiger partial charge in [-0.2, -0.15) is 0 Å². The van der Waals surface area contributed by atoms with Crippen LogP contribution in [0.1, 0.15) is 5.56 Å². The van der Waals surface area contributed by atoms with Gasteiger partial charge in [0.25, 0.3) is 0 Å². The average molecular weight is 378 g/mol. The van der Waals surface area contributed by atoms with Gasteiger partial charge in [0.15, 0.2) is 5.82 Å². The predicted molar refractivity (Wildman–Crippen MR) is 77.9 cm³/mol. The van der Waals surface area contributed by atoms with E-state index < -0.39 is 17.5 Å². The Bertz CT molecular complexity index is 618. The Balaban J connectivity index is 2.49. The largest absolute Gasteiger partial charge is 0.395 e. The molecule has 6 heteroatoms. The molecule has 0 radical (unpaired) electrons. The smallest absolute Gasteiger partial charge is 0.151 e. The van der Waals surface area contributed by atoms with Gasteiger partial charge in [0.1, 0.15) is 17.3 Å². The zero-order valence-electron chi connectivity index (χ0n) is 9.90. The maximum Gasteiger partial charge on any atom is 0.151 e. The summed E-state index contributed by atoms with van der Waals surface area (Å²) in [5, 5.41) is 2.50. The maximum atomic E-state index is 13.9. The Hall–Kier alpha value is -1.44. The molecule has 100 valence electrons. The number of anilines is 3. The summed E-state index contributed by atoms with van der Waals surface area (Å²) in [4.78, 5) is 0. The number of nitrogen functional groups attached to an aromatic ring is 1. The van der Waals surface area contributed by atoms with E-state index in [0.29, 0.717) is 3.57 Å². The molecule has 0 aliphatic heterocycles. The number of benzene rings is 2. The SMILES string of the molecule is Cc1cc(F)c(N)c(Nc2ccc(I)cc2F)c1F. The second-order valence-corrected chi connectivity index (χ2v) is 5.27. The van der Waals surface area contributed by atoms with Gasteiger partial charge < -0.3 is 11.1 Å². The number of nitrogens with one attached hydrogen (secondary N) is 1. The third-order valence-electron chi connectivity index (χ3n) is 2.63. The number of hydrogen-bond donors (Lipinski definition) is 2. The van der Waals surface area contributed by atoms with Crippen molar-refractivity contribution in [3.05, 3.63) is 50.9 Å². The predicted octanol–water partition coefficient (Wildman–Crippen LogP) is 4.34. The van der Waals surface area contributed by atoms with Crippen molar-refractivity contribution >= 4 is 39.7 Å². The molecule has 0 bridgehead atoms. The van der Waals surface area contributed by atoms with E-state index in [4.69, 9.17) is 5.73 Å². The minimum Gasteiger partial charge on any atom is -0.395 e. The zero-order valence-corrected chi connectivity index (χ0v) is 12.1. The highest BCUT2D eigenvalue weighted by molar-refractivity contribution is 14.1. The number of nitrogens with two attached hydrogens (primary N) is 1. The highest BCUT2D eigenvalue weighted by Crippen LogP contribution is 2.32. The van der Waals surface area contributed by atoms with Crippen LogP contribution < -0.4 is 11.1 Å². The molecule has 2 aromatic rings. The number of halogens is 4. The first-order chi connectivity index (χ1) is 8.90. The molecule has 0 unspecified atom stereocenters. The van der Waals surface area contributed by atoms with Crippen LogP contribution in [-0.4, -0.2) is 0 Å². The topological polar surface area (TPSA) is 38.0 Å². The summed E-state index contributed by atoms with van der Waals surface area (Å²) in [5.74, 6) is -2.00. The van der Waals surface area contributed by atoms with Gasteiger partial charge in [-0.25, -0.2) is 13.2 Å². The zero-order chi connectivity index (χ0) is 14.2. The van der Waals surface area contributed by atoms with Gasteiger partial charge in [-0.3, -0.25) is 0 Å². The summed E-state index contributed by atoms with van der Waals surface area (Å²) in [5.41, 5.74) is 4.99. The lowest BCUT2D eigenvalue weighted by Crippen LogP contribution is -2.05. The lowest BCUT2D eigenvalue weighted by atomic mass is 10.1. The molecule has 0 saturated carbocycles. The minimum absolute atomic E-state index is 0.0380. The van der Waals surface area contributed by atoms with Gasteiger partial charge in [0.2, 0.25) is 0 Å². The van der Waals surface area contributed by atoms with E-state index >= 15 is 0 Å². The fourth-order valence-electron chi connectivity index (χ4n) is 1.61. The molecule has 0 atom stereocenters. The molecule has 0 amide bonds. The Kier molecular flexibility index (Phi) is 3.88. The Morgan fingerprint density at radius 1 is 1.11 bits per heavy atom. The summed E-state index contributed by atoms with van der Waals surface area (Å²) in [6.07, 6.45) is 0. The van der Waals surface area contributed by atoms with Crippen LogP contribution in [0.3, 0.4) is 0 Å². The van der Waals surface area contributed by atoms with Crippen molar-refractivity contribution in [2.45, 2.75) is 6.92 Å². The molecule has 19 heavy (non-hydrogen) atoms. The second kappa shape index (κ2) is 5.28. The van der Waals surface area contributed by atoms with E-state index in [1.807, 2.05) is 22.6 Å². The monoisotopic (exact) mass is 378 g/mol. The first-order valence-corrected chi connectivity index (χ1v) is 6.44. The van der Waals surface area contributed by atoms with Crippen molar-refractivity contribution in [3.8, 4) is 0 Å². The molecule has 2 aromatic carbocycles. The van der Waals surface area contributed by atoms with E-state index in [-0.39, 0.29) is 22.6 Å². The van der Waals surface area contributed by atoms with Crippen LogP contribution in [0.25, 0.3) is 0 Å². The van der Waals surface area contributed by atoms with Crippen molar-refractivity contribution in [1.29, 1.82) is 0 Å². The molecule has 0 spiro atoms. The van der Waals surface area contributed by atoms with Crippen molar-refractivity contribution in [1.82, 2.24) is 0 Å². The quantitative estimate of drug-likeness (QED) is 0.603. The van der Waals surface area contributed by atoms with E-state index in [9.17, 15) is 13.2 Å². The fourth-order valence-corrected chi connectivity index (χ4v) is 2.07. The maximum absolute atomic E-state index is 13.9. The third kappa shape index (κ3) is 2.78. The molecule has 0 fully saturated rings. The van der Waals surface area contributed by atoms with Crippen molar-refractivity contribution < 1.29 is 13.2 Å². The van der Waals surface area contributed by atoms with E-state index in [2.05, 4.69) is 5.32 Å². The lowest BCUT2D eigenvalue weighted by Gasteiger charge is -2.13. The first-order valence-electron chi connectivity index (χ1n) is 5.36. The van der Waals surface area contributed by atoms with Gasteiger partial charge in [-0.1, -0.05) is 0 Å². The molecule has 0 aliphatic carbocycles. The molecular weight excluding hydrogens is 368 g/mol. The van der Waals surface area contributed by atoms with Gasteiger partial charge in [0, 0.05) is 3.57 Å². The van der Waals surface area contributed by atoms with Crippen LogP contribution in [0.15, 0.2) is 24.3 Å². The normalized spacial score (nSPS) is 10.6. The number of rotatable bonds is 2. The number of aryl methyl sites for hydroxylation is 1. The van der Waals surface area contributed by atoms with Gasteiger partial charge >= 0.3 is 0 Å².